The predicted octanol–water partition coefficient (Wildman–Crippen LogP) is 4.33. The third-order valence-corrected chi connectivity index (χ3v) is 2.62. The minimum atomic E-state index is -0.690. The lowest BCUT2D eigenvalue weighted by molar-refractivity contribution is -0.137. The summed E-state index contributed by atoms with van der Waals surface area (Å²) in [7, 11) is 0. The Kier molecular flexibility index (Phi) is 13.7. The van der Waals surface area contributed by atoms with E-state index in [9.17, 15) is 4.79 Å². The molecule has 0 aromatic heterocycles. The maximum absolute atomic E-state index is 10.3. The summed E-state index contributed by atoms with van der Waals surface area (Å²) in [5.41, 5.74) is 0. The zero-order valence-corrected chi connectivity index (χ0v) is 12.3. The van der Waals surface area contributed by atoms with Crippen LogP contribution in [0, 0.1) is 23.7 Å². The summed E-state index contributed by atoms with van der Waals surface area (Å²) in [6.45, 7) is 1.93. The Hall–Kier alpha value is -1.93. The van der Waals surface area contributed by atoms with E-state index in [0.717, 1.165) is 38.5 Å². The molecule has 2 heteroatoms. The molecule has 0 unspecified atom stereocenters. The topological polar surface area (TPSA) is 37.3 Å². The highest BCUT2D eigenvalue weighted by Gasteiger charge is 1.95. The van der Waals surface area contributed by atoms with Gasteiger partial charge in [-0.15, -0.1) is 0 Å². The number of aliphatic carboxylic acids is 1. The zero-order valence-electron chi connectivity index (χ0n) is 12.3. The van der Waals surface area contributed by atoms with Gasteiger partial charge in [0.25, 0.3) is 0 Å². The Morgan fingerprint density at radius 3 is 2.55 bits per heavy atom. The van der Waals surface area contributed by atoms with E-state index < -0.39 is 5.97 Å². The molecule has 0 spiro atoms. The Morgan fingerprint density at radius 2 is 1.80 bits per heavy atom. The van der Waals surface area contributed by atoms with Gasteiger partial charge in [0.15, 0.2) is 0 Å². The van der Waals surface area contributed by atoms with Gasteiger partial charge in [0, 0.05) is 12.8 Å². The maximum Gasteiger partial charge on any atom is 0.303 e. The third kappa shape index (κ3) is 16.1. The van der Waals surface area contributed by atoms with Gasteiger partial charge in [0.2, 0.25) is 0 Å². The van der Waals surface area contributed by atoms with Crippen molar-refractivity contribution < 1.29 is 9.90 Å². The van der Waals surface area contributed by atoms with Gasteiger partial charge in [-0.1, -0.05) is 49.3 Å². The second kappa shape index (κ2) is 15.1. The normalized spacial score (nSPS) is 10.1. The van der Waals surface area contributed by atoms with E-state index in [1.54, 1.807) is 6.08 Å². The van der Waals surface area contributed by atoms with Gasteiger partial charge in [-0.3, -0.25) is 4.79 Å². The molecular weight excluding hydrogens is 248 g/mol. The number of carbonyl (C=O) groups is 1. The maximum atomic E-state index is 10.3. The average Bonchev–Trinajstić information content (AvgIpc) is 2.43. The molecule has 0 saturated carbocycles. The highest BCUT2D eigenvalue weighted by Crippen LogP contribution is 2.07. The van der Waals surface area contributed by atoms with E-state index in [4.69, 9.17) is 5.11 Å². The van der Waals surface area contributed by atoms with Crippen molar-refractivity contribution >= 4 is 5.97 Å². The van der Waals surface area contributed by atoms with Crippen LogP contribution in [0.5, 0.6) is 0 Å². The van der Waals surface area contributed by atoms with Crippen LogP contribution < -0.4 is 0 Å². The van der Waals surface area contributed by atoms with Gasteiger partial charge in [0.05, 0.1) is 0 Å². The standard InChI is InChI=1S/C18H24O2/c1-2-3-4-5-6-7-8-9-10-11-12-13-14-15-16-17-18(19)20/h2-3,9-10H,8,11-17H2,1H3,(H,19,20)/b3-2+,10-9+. The number of carboxylic acid groups (broad SMARTS) is 1. The van der Waals surface area contributed by atoms with Crippen molar-refractivity contribution in [2.24, 2.45) is 0 Å². The molecule has 0 aliphatic rings. The fourth-order valence-corrected chi connectivity index (χ4v) is 1.59. The molecular formula is C18H24O2. The quantitative estimate of drug-likeness (QED) is 0.385. The summed E-state index contributed by atoms with van der Waals surface area (Å²) in [6, 6.07) is 0. The van der Waals surface area contributed by atoms with Crippen LogP contribution in [-0.4, -0.2) is 11.1 Å². The molecule has 108 valence electrons. The zero-order chi connectivity index (χ0) is 14.9. The fourth-order valence-electron chi connectivity index (χ4n) is 1.59. The number of hydrogen-bond acceptors (Lipinski definition) is 1. The Balaban J connectivity index is 3.36. The molecule has 0 atom stereocenters. The second-order valence-electron chi connectivity index (χ2n) is 4.45. The van der Waals surface area contributed by atoms with Crippen molar-refractivity contribution in [3.05, 3.63) is 24.3 Å². The van der Waals surface area contributed by atoms with E-state index in [2.05, 4.69) is 35.8 Å². The SMILES string of the molecule is C/C=C/C#CC#CC/C=C/CCCCCCCC(=O)O. The van der Waals surface area contributed by atoms with E-state index in [1.807, 2.05) is 13.0 Å². The lowest BCUT2D eigenvalue weighted by Crippen LogP contribution is -1.93. The van der Waals surface area contributed by atoms with Crippen LogP contribution >= 0.6 is 0 Å². The Bertz CT molecular complexity index is 422. The molecule has 0 aromatic carbocycles. The molecule has 0 aliphatic carbocycles. The van der Waals surface area contributed by atoms with Crippen LogP contribution in [0.25, 0.3) is 0 Å². The first-order chi connectivity index (χ1) is 9.77. The number of unbranched alkanes of at least 4 members (excludes halogenated alkanes) is 5. The molecule has 0 rings (SSSR count). The van der Waals surface area contributed by atoms with Crippen LogP contribution in [0.15, 0.2) is 24.3 Å². The number of allylic oxidation sites excluding steroid dienone is 4. The van der Waals surface area contributed by atoms with Crippen LogP contribution in [0.2, 0.25) is 0 Å². The van der Waals surface area contributed by atoms with Gasteiger partial charge in [0.1, 0.15) is 0 Å². The molecule has 0 radical (unpaired) electrons. The first kappa shape index (κ1) is 18.1. The molecule has 0 aromatic rings. The highest BCUT2D eigenvalue weighted by atomic mass is 16.4. The minimum Gasteiger partial charge on any atom is -0.481 e. The lowest BCUT2D eigenvalue weighted by Gasteiger charge is -1.97. The smallest absolute Gasteiger partial charge is 0.303 e. The summed E-state index contributed by atoms with van der Waals surface area (Å²) in [6.07, 6.45) is 15.3. The predicted molar refractivity (Wildman–Crippen MR) is 84.1 cm³/mol. The Labute approximate surface area is 123 Å². The first-order valence-electron chi connectivity index (χ1n) is 7.23. The van der Waals surface area contributed by atoms with Crippen LogP contribution in [0.3, 0.4) is 0 Å². The van der Waals surface area contributed by atoms with Gasteiger partial charge in [-0.2, -0.15) is 0 Å². The van der Waals surface area contributed by atoms with Gasteiger partial charge >= 0.3 is 5.97 Å². The number of carboxylic acids is 1. The Morgan fingerprint density at radius 1 is 1.05 bits per heavy atom. The molecule has 0 amide bonds. The minimum absolute atomic E-state index is 0.301. The summed E-state index contributed by atoms with van der Waals surface area (Å²) in [4.78, 5) is 10.3. The van der Waals surface area contributed by atoms with Crippen LogP contribution in [0.1, 0.15) is 58.3 Å². The van der Waals surface area contributed by atoms with Crippen molar-refractivity contribution in [2.45, 2.75) is 58.3 Å². The molecule has 0 aliphatic heterocycles. The molecule has 0 bridgehead atoms. The molecule has 20 heavy (non-hydrogen) atoms. The van der Waals surface area contributed by atoms with Crippen molar-refractivity contribution in [2.75, 3.05) is 0 Å². The van der Waals surface area contributed by atoms with Gasteiger partial charge < -0.3 is 5.11 Å². The lowest BCUT2D eigenvalue weighted by atomic mass is 10.1. The van der Waals surface area contributed by atoms with Crippen LogP contribution in [-0.2, 0) is 4.79 Å². The average molecular weight is 272 g/mol. The summed E-state index contributed by atoms with van der Waals surface area (Å²) in [5, 5.41) is 8.49. The number of rotatable bonds is 9. The first-order valence-corrected chi connectivity index (χ1v) is 7.23. The second-order valence-corrected chi connectivity index (χ2v) is 4.45. The molecule has 0 fully saturated rings. The van der Waals surface area contributed by atoms with E-state index >= 15 is 0 Å². The van der Waals surface area contributed by atoms with Gasteiger partial charge in [-0.25, -0.2) is 0 Å². The monoisotopic (exact) mass is 272 g/mol. The summed E-state index contributed by atoms with van der Waals surface area (Å²) >= 11 is 0. The van der Waals surface area contributed by atoms with Crippen LogP contribution in [0.4, 0.5) is 0 Å². The van der Waals surface area contributed by atoms with Crippen molar-refractivity contribution in [1.82, 2.24) is 0 Å². The van der Waals surface area contributed by atoms with E-state index in [0.29, 0.717) is 6.42 Å². The molecule has 2 nitrogen and oxygen atoms in total. The van der Waals surface area contributed by atoms with Gasteiger partial charge in [-0.05, 0) is 44.1 Å². The highest BCUT2D eigenvalue weighted by molar-refractivity contribution is 5.66. The van der Waals surface area contributed by atoms with Crippen molar-refractivity contribution in [1.29, 1.82) is 0 Å². The summed E-state index contributed by atoms with van der Waals surface area (Å²) < 4.78 is 0. The van der Waals surface area contributed by atoms with E-state index in [-0.39, 0.29) is 0 Å². The summed E-state index contributed by atoms with van der Waals surface area (Å²) in [5.74, 6) is 10.6. The molecule has 0 heterocycles. The molecule has 0 saturated heterocycles. The van der Waals surface area contributed by atoms with E-state index in [1.165, 1.54) is 6.42 Å². The third-order valence-electron chi connectivity index (χ3n) is 2.62. The van der Waals surface area contributed by atoms with Crippen molar-refractivity contribution in [3.63, 3.8) is 0 Å². The number of hydrogen-bond donors (Lipinski definition) is 1. The largest absolute Gasteiger partial charge is 0.481 e. The van der Waals surface area contributed by atoms with Crippen molar-refractivity contribution in [3.8, 4) is 23.7 Å². The molecule has 1 N–H and O–H groups in total. The fraction of sp³-hybridized carbons (Fsp3) is 0.500.